The van der Waals surface area contributed by atoms with E-state index in [4.69, 9.17) is 13.6 Å². The molecular weight excluding hydrogens is 196 g/mol. The van der Waals surface area contributed by atoms with Gasteiger partial charge in [-0.25, -0.2) is 0 Å². The summed E-state index contributed by atoms with van der Waals surface area (Å²) in [5.74, 6) is 0. The molecule has 4 heteroatoms. The fourth-order valence-electron chi connectivity index (χ4n) is 1.30. The van der Waals surface area contributed by atoms with Crippen LogP contribution in [0.1, 0.15) is 5.56 Å². The fourth-order valence-corrected chi connectivity index (χ4v) is 2.56. The van der Waals surface area contributed by atoms with Crippen molar-refractivity contribution in [2.24, 2.45) is 0 Å². The van der Waals surface area contributed by atoms with E-state index in [-0.39, 0.29) is 0 Å². The summed E-state index contributed by atoms with van der Waals surface area (Å²) in [5.41, 5.74) is 1.13. The predicted octanol–water partition coefficient (Wildman–Crippen LogP) is 0.821. The van der Waals surface area contributed by atoms with Gasteiger partial charge in [0.25, 0.3) is 0 Å². The van der Waals surface area contributed by atoms with Gasteiger partial charge in [-0.2, -0.15) is 0 Å². The van der Waals surface area contributed by atoms with Crippen LogP contribution in [-0.4, -0.2) is 30.6 Å². The van der Waals surface area contributed by atoms with Crippen LogP contribution in [0.15, 0.2) is 24.3 Å². The van der Waals surface area contributed by atoms with Gasteiger partial charge in [-0.15, -0.1) is 0 Å². The molecule has 0 atom stereocenters. The number of hydrogen-bond donors (Lipinski definition) is 0. The van der Waals surface area contributed by atoms with E-state index in [2.05, 4.69) is 0 Å². The molecule has 0 aromatic heterocycles. The van der Waals surface area contributed by atoms with Crippen molar-refractivity contribution in [2.45, 2.75) is 6.61 Å². The predicted molar refractivity (Wildman–Crippen MR) is 56.6 cm³/mol. The lowest BCUT2D eigenvalue weighted by atomic mass is 10.2. The lowest BCUT2D eigenvalue weighted by molar-refractivity contribution is 0.185. The molecule has 0 bridgehead atoms. The average molecular weight is 211 g/mol. The summed E-state index contributed by atoms with van der Waals surface area (Å²) in [7, 11) is 3.69. The third kappa shape index (κ3) is 2.65. The van der Waals surface area contributed by atoms with E-state index < -0.39 is 9.28 Å². The van der Waals surface area contributed by atoms with Crippen molar-refractivity contribution in [1.29, 1.82) is 0 Å². The zero-order chi connectivity index (χ0) is 10.4. The highest BCUT2D eigenvalue weighted by Gasteiger charge is 2.18. The van der Waals surface area contributed by atoms with Gasteiger partial charge in [-0.3, -0.25) is 0 Å². The highest BCUT2D eigenvalue weighted by atomic mass is 28.3. The van der Waals surface area contributed by atoms with Crippen LogP contribution in [0.3, 0.4) is 0 Å². The van der Waals surface area contributed by atoms with Gasteiger partial charge in [0, 0.05) is 26.5 Å². The molecule has 0 spiro atoms. The van der Waals surface area contributed by atoms with Gasteiger partial charge in [-0.05, 0) is 5.56 Å². The standard InChI is InChI=1S/C10H15O3Si/c1-11-8-9-6-4-5-7-10(9)14(12-2)13-3/h4-7H,8H2,1-3H3. The monoisotopic (exact) mass is 211 g/mol. The van der Waals surface area contributed by atoms with Gasteiger partial charge in [0.1, 0.15) is 0 Å². The zero-order valence-electron chi connectivity index (χ0n) is 8.74. The van der Waals surface area contributed by atoms with Crippen LogP contribution in [-0.2, 0) is 20.2 Å². The first-order chi connectivity index (χ1) is 6.83. The van der Waals surface area contributed by atoms with Gasteiger partial charge in [0.15, 0.2) is 0 Å². The maximum absolute atomic E-state index is 5.30. The smallest absolute Gasteiger partial charge is 0.393 e. The maximum atomic E-state index is 5.30. The Balaban J connectivity index is 2.92. The first-order valence-corrected chi connectivity index (χ1v) is 5.67. The van der Waals surface area contributed by atoms with Gasteiger partial charge >= 0.3 is 9.28 Å². The Morgan fingerprint density at radius 2 is 1.71 bits per heavy atom. The second-order valence-corrected chi connectivity index (χ2v) is 4.72. The molecule has 0 fully saturated rings. The quantitative estimate of drug-likeness (QED) is 0.675. The van der Waals surface area contributed by atoms with Crippen molar-refractivity contribution in [3.63, 3.8) is 0 Å². The number of ether oxygens (including phenoxy) is 1. The Kier molecular flexibility index (Phi) is 4.82. The van der Waals surface area contributed by atoms with E-state index in [1.807, 2.05) is 24.3 Å². The minimum absolute atomic E-state index is 0.594. The van der Waals surface area contributed by atoms with Crippen molar-refractivity contribution >= 4 is 14.5 Å². The van der Waals surface area contributed by atoms with E-state index in [1.54, 1.807) is 21.3 Å². The van der Waals surface area contributed by atoms with Crippen molar-refractivity contribution < 1.29 is 13.6 Å². The molecule has 0 aliphatic rings. The van der Waals surface area contributed by atoms with Crippen molar-refractivity contribution in [2.75, 3.05) is 21.3 Å². The second kappa shape index (κ2) is 5.92. The molecule has 1 rings (SSSR count). The SMILES string of the molecule is COCc1ccccc1[Si](OC)OC. The van der Waals surface area contributed by atoms with Crippen molar-refractivity contribution in [3.8, 4) is 0 Å². The van der Waals surface area contributed by atoms with E-state index >= 15 is 0 Å². The summed E-state index contributed by atoms with van der Waals surface area (Å²) in [6.45, 7) is 0.594. The molecule has 0 saturated heterocycles. The molecule has 14 heavy (non-hydrogen) atoms. The highest BCUT2D eigenvalue weighted by Crippen LogP contribution is 2.01. The third-order valence-electron chi connectivity index (χ3n) is 1.91. The fraction of sp³-hybridized carbons (Fsp3) is 0.400. The molecule has 1 radical (unpaired) electrons. The van der Waals surface area contributed by atoms with Crippen LogP contribution in [0.2, 0.25) is 0 Å². The highest BCUT2D eigenvalue weighted by molar-refractivity contribution is 6.61. The molecule has 0 saturated carbocycles. The number of benzene rings is 1. The van der Waals surface area contributed by atoms with Crippen LogP contribution in [0.25, 0.3) is 0 Å². The molecule has 0 aliphatic carbocycles. The van der Waals surface area contributed by atoms with Gasteiger partial charge in [0.2, 0.25) is 0 Å². The number of methoxy groups -OCH3 is 1. The van der Waals surface area contributed by atoms with Crippen LogP contribution < -0.4 is 5.19 Å². The molecule has 1 aromatic rings. The molecule has 0 unspecified atom stereocenters. The summed E-state index contributed by atoms with van der Waals surface area (Å²) in [5, 5.41) is 1.12. The minimum atomic E-state index is -1.33. The third-order valence-corrected chi connectivity index (χ3v) is 3.58. The summed E-state index contributed by atoms with van der Waals surface area (Å²) in [4.78, 5) is 0. The molecule has 1 aromatic carbocycles. The summed E-state index contributed by atoms with van der Waals surface area (Å²) >= 11 is 0. The zero-order valence-corrected chi connectivity index (χ0v) is 9.74. The maximum Gasteiger partial charge on any atom is 0.423 e. The van der Waals surface area contributed by atoms with E-state index in [1.165, 1.54) is 0 Å². The lowest BCUT2D eigenvalue weighted by Gasteiger charge is -2.13. The van der Waals surface area contributed by atoms with E-state index in [9.17, 15) is 0 Å². The Hall–Kier alpha value is -0.683. The second-order valence-electron chi connectivity index (χ2n) is 2.79. The van der Waals surface area contributed by atoms with Gasteiger partial charge in [0.05, 0.1) is 6.61 Å². The van der Waals surface area contributed by atoms with Crippen LogP contribution in [0.4, 0.5) is 0 Å². The Morgan fingerprint density at radius 1 is 1.07 bits per heavy atom. The Morgan fingerprint density at radius 3 is 2.29 bits per heavy atom. The molecule has 0 heterocycles. The first kappa shape index (κ1) is 11.4. The molecule has 3 nitrogen and oxygen atoms in total. The Labute approximate surface area is 86.5 Å². The van der Waals surface area contributed by atoms with Gasteiger partial charge in [-0.1, -0.05) is 24.3 Å². The van der Waals surface area contributed by atoms with Crippen LogP contribution >= 0.6 is 0 Å². The van der Waals surface area contributed by atoms with Crippen LogP contribution in [0, 0.1) is 0 Å². The van der Waals surface area contributed by atoms with Crippen molar-refractivity contribution in [1.82, 2.24) is 0 Å². The topological polar surface area (TPSA) is 27.7 Å². The number of rotatable bonds is 5. The Bertz CT molecular complexity index is 274. The molecular formula is C10H15O3Si. The van der Waals surface area contributed by atoms with E-state index in [0.717, 1.165) is 10.8 Å². The first-order valence-electron chi connectivity index (χ1n) is 4.35. The summed E-state index contributed by atoms with van der Waals surface area (Å²) < 4.78 is 15.7. The summed E-state index contributed by atoms with van der Waals surface area (Å²) in [6, 6.07) is 8.02. The number of hydrogen-bond acceptors (Lipinski definition) is 3. The normalized spacial score (nSPS) is 10.9. The summed E-state index contributed by atoms with van der Waals surface area (Å²) in [6.07, 6.45) is 0. The lowest BCUT2D eigenvalue weighted by Crippen LogP contribution is -2.37. The minimum Gasteiger partial charge on any atom is -0.393 e. The molecule has 77 valence electrons. The van der Waals surface area contributed by atoms with Gasteiger partial charge < -0.3 is 13.6 Å². The largest absolute Gasteiger partial charge is 0.423 e. The average Bonchev–Trinajstić information content (AvgIpc) is 2.23. The van der Waals surface area contributed by atoms with E-state index in [0.29, 0.717) is 6.61 Å². The molecule has 0 amide bonds. The molecule has 0 aliphatic heterocycles. The van der Waals surface area contributed by atoms with Crippen molar-refractivity contribution in [3.05, 3.63) is 29.8 Å². The molecule has 0 N–H and O–H groups in total. The van der Waals surface area contributed by atoms with Crippen LogP contribution in [0.5, 0.6) is 0 Å².